The summed E-state index contributed by atoms with van der Waals surface area (Å²) in [5.74, 6) is -0.985. The molecule has 1 atom stereocenters. The van der Waals surface area contributed by atoms with Crippen molar-refractivity contribution in [2.75, 3.05) is 5.75 Å². The number of halogens is 1. The van der Waals surface area contributed by atoms with E-state index >= 15 is 0 Å². The van der Waals surface area contributed by atoms with Gasteiger partial charge in [-0.05, 0) is 0 Å². The lowest BCUT2D eigenvalue weighted by Gasteiger charge is -2.07. The quantitative estimate of drug-likeness (QED) is 0.775. The lowest BCUT2D eigenvalue weighted by molar-refractivity contribution is 0.585. The van der Waals surface area contributed by atoms with Gasteiger partial charge in [-0.25, -0.2) is 27.9 Å². The van der Waals surface area contributed by atoms with E-state index in [1.165, 1.54) is 0 Å². The van der Waals surface area contributed by atoms with Gasteiger partial charge in [0.25, 0.3) is 0 Å². The Hall–Kier alpha value is -1.08. The molecule has 14 heavy (non-hydrogen) atoms. The smallest absolute Gasteiger partial charge is 0.209 e. The van der Waals surface area contributed by atoms with Gasteiger partial charge in [-0.15, -0.1) is 0 Å². The van der Waals surface area contributed by atoms with E-state index < -0.39 is 21.8 Å². The number of nitrogens with two attached hydrogens (primary N) is 1. The van der Waals surface area contributed by atoms with E-state index in [2.05, 4.69) is 9.97 Å². The number of rotatable bonds is 3. The average Bonchev–Trinajstić information content (AvgIpc) is 2.02. The van der Waals surface area contributed by atoms with Crippen LogP contribution in [0.1, 0.15) is 18.7 Å². The van der Waals surface area contributed by atoms with Gasteiger partial charge in [0.2, 0.25) is 10.0 Å². The van der Waals surface area contributed by atoms with E-state index in [4.69, 9.17) is 5.14 Å². The zero-order chi connectivity index (χ0) is 10.8. The molecule has 78 valence electrons. The van der Waals surface area contributed by atoms with Gasteiger partial charge in [-0.3, -0.25) is 0 Å². The Morgan fingerprint density at radius 3 is 2.43 bits per heavy atom. The zero-order valence-electron chi connectivity index (χ0n) is 7.51. The highest BCUT2D eigenvalue weighted by atomic mass is 32.2. The predicted octanol–water partition coefficient (Wildman–Crippen LogP) is 0.00770. The predicted molar refractivity (Wildman–Crippen MR) is 48.4 cm³/mol. The Bertz CT molecular complexity index is 403. The summed E-state index contributed by atoms with van der Waals surface area (Å²) in [6, 6.07) is 0. The highest BCUT2D eigenvalue weighted by Crippen LogP contribution is 2.10. The average molecular weight is 219 g/mol. The van der Waals surface area contributed by atoms with Gasteiger partial charge in [-0.1, -0.05) is 6.92 Å². The van der Waals surface area contributed by atoms with Gasteiger partial charge in [-0.2, -0.15) is 0 Å². The molecule has 2 N–H and O–H groups in total. The van der Waals surface area contributed by atoms with Crippen LogP contribution in [0.3, 0.4) is 0 Å². The van der Waals surface area contributed by atoms with Crippen LogP contribution >= 0.6 is 0 Å². The fraction of sp³-hybridized carbons (Fsp3) is 0.429. The molecule has 0 aromatic carbocycles. The molecule has 1 aromatic heterocycles. The third kappa shape index (κ3) is 3.35. The number of aromatic nitrogens is 2. The zero-order valence-corrected chi connectivity index (χ0v) is 8.33. The first kappa shape index (κ1) is 11.0. The van der Waals surface area contributed by atoms with Gasteiger partial charge in [0.15, 0.2) is 5.82 Å². The van der Waals surface area contributed by atoms with E-state index in [0.29, 0.717) is 0 Å². The Labute approximate surface area is 81.2 Å². The summed E-state index contributed by atoms with van der Waals surface area (Å²) < 4.78 is 33.9. The van der Waals surface area contributed by atoms with Gasteiger partial charge in [0, 0.05) is 5.92 Å². The van der Waals surface area contributed by atoms with Gasteiger partial charge >= 0.3 is 0 Å². The molecule has 0 saturated carbocycles. The molecule has 0 bridgehead atoms. The molecule has 0 aliphatic heterocycles. The highest BCUT2D eigenvalue weighted by Gasteiger charge is 2.15. The normalized spacial score (nSPS) is 13.9. The summed E-state index contributed by atoms with van der Waals surface area (Å²) in [5.41, 5.74) is 0. The third-order valence-electron chi connectivity index (χ3n) is 1.56. The van der Waals surface area contributed by atoms with Crippen molar-refractivity contribution in [3.63, 3.8) is 0 Å². The maximum atomic E-state index is 12.4. The van der Waals surface area contributed by atoms with E-state index in [9.17, 15) is 12.8 Å². The fourth-order valence-corrected chi connectivity index (χ4v) is 1.85. The number of primary sulfonamides is 1. The molecule has 0 spiro atoms. The van der Waals surface area contributed by atoms with Crippen molar-refractivity contribution in [3.8, 4) is 0 Å². The Morgan fingerprint density at radius 2 is 2.00 bits per heavy atom. The van der Waals surface area contributed by atoms with Crippen molar-refractivity contribution in [3.05, 3.63) is 24.0 Å². The lowest BCUT2D eigenvalue weighted by atomic mass is 10.2. The molecule has 0 unspecified atom stereocenters. The van der Waals surface area contributed by atoms with Crippen molar-refractivity contribution in [1.29, 1.82) is 0 Å². The van der Waals surface area contributed by atoms with Crippen molar-refractivity contribution < 1.29 is 12.8 Å². The van der Waals surface area contributed by atoms with Crippen molar-refractivity contribution in [2.45, 2.75) is 12.8 Å². The van der Waals surface area contributed by atoms with Crippen molar-refractivity contribution >= 4 is 10.0 Å². The molecule has 0 radical (unpaired) electrons. The first-order chi connectivity index (χ1) is 6.38. The fourth-order valence-electron chi connectivity index (χ4n) is 1.000. The molecule has 0 fully saturated rings. The van der Waals surface area contributed by atoms with Gasteiger partial charge in [0.1, 0.15) is 5.82 Å². The van der Waals surface area contributed by atoms with Crippen LogP contribution < -0.4 is 5.14 Å². The highest BCUT2D eigenvalue weighted by molar-refractivity contribution is 7.89. The summed E-state index contributed by atoms with van der Waals surface area (Å²) >= 11 is 0. The summed E-state index contributed by atoms with van der Waals surface area (Å²) in [6.07, 6.45) is 1.98. The minimum absolute atomic E-state index is 0.251. The van der Waals surface area contributed by atoms with E-state index in [1.807, 2.05) is 0 Å². The Kier molecular flexibility index (Phi) is 3.12. The molecule has 0 aliphatic rings. The second-order valence-electron chi connectivity index (χ2n) is 2.99. The molecule has 0 aliphatic carbocycles. The molecule has 5 nitrogen and oxygen atoms in total. The first-order valence-corrected chi connectivity index (χ1v) is 5.58. The maximum Gasteiger partial charge on any atom is 0.209 e. The molecule has 0 saturated heterocycles. The van der Waals surface area contributed by atoms with Crippen LogP contribution in [-0.2, 0) is 10.0 Å². The lowest BCUT2D eigenvalue weighted by Crippen LogP contribution is -2.21. The summed E-state index contributed by atoms with van der Waals surface area (Å²) in [4.78, 5) is 7.31. The van der Waals surface area contributed by atoms with Crippen LogP contribution in [0.5, 0.6) is 0 Å². The SMILES string of the molecule is C[C@@H](CS(N)(=O)=O)c1ncc(F)cn1. The van der Waals surface area contributed by atoms with Crippen LogP contribution in [0.2, 0.25) is 0 Å². The molecular weight excluding hydrogens is 209 g/mol. The second-order valence-corrected chi connectivity index (χ2v) is 4.65. The Balaban J connectivity index is 2.80. The molecule has 1 rings (SSSR count). The number of hydrogen-bond acceptors (Lipinski definition) is 4. The molecule has 1 heterocycles. The van der Waals surface area contributed by atoms with Crippen molar-refractivity contribution in [1.82, 2.24) is 9.97 Å². The summed E-state index contributed by atoms with van der Waals surface area (Å²) in [7, 11) is -3.56. The minimum Gasteiger partial charge on any atom is -0.238 e. The van der Waals surface area contributed by atoms with E-state index in [1.54, 1.807) is 6.92 Å². The second kappa shape index (κ2) is 3.97. The number of hydrogen-bond donors (Lipinski definition) is 1. The molecular formula is C7H10FN3O2S. The first-order valence-electron chi connectivity index (χ1n) is 3.86. The minimum atomic E-state index is -3.56. The monoisotopic (exact) mass is 219 g/mol. The van der Waals surface area contributed by atoms with Crippen LogP contribution in [0, 0.1) is 5.82 Å². The number of sulfonamides is 1. The largest absolute Gasteiger partial charge is 0.238 e. The summed E-state index contributed by atoms with van der Waals surface area (Å²) in [5, 5.41) is 4.85. The third-order valence-corrected chi connectivity index (χ3v) is 2.53. The molecule has 7 heteroatoms. The maximum absolute atomic E-state index is 12.4. The molecule has 0 amide bonds. The summed E-state index contributed by atoms with van der Waals surface area (Å²) in [6.45, 7) is 1.61. The van der Waals surface area contributed by atoms with Crippen LogP contribution in [0.15, 0.2) is 12.4 Å². The standard InChI is InChI=1S/C7H10FN3O2S/c1-5(4-14(9,12)13)7-10-2-6(8)3-11-7/h2-3,5H,4H2,1H3,(H2,9,12,13)/t5-/m0/s1. The van der Waals surface area contributed by atoms with Crippen LogP contribution in [0.25, 0.3) is 0 Å². The van der Waals surface area contributed by atoms with Crippen LogP contribution in [0.4, 0.5) is 4.39 Å². The number of nitrogens with zero attached hydrogens (tertiary/aromatic N) is 2. The van der Waals surface area contributed by atoms with E-state index in [0.717, 1.165) is 12.4 Å². The van der Waals surface area contributed by atoms with Gasteiger partial charge in [0.05, 0.1) is 18.1 Å². The van der Waals surface area contributed by atoms with E-state index in [-0.39, 0.29) is 11.6 Å². The van der Waals surface area contributed by atoms with Crippen LogP contribution in [-0.4, -0.2) is 24.1 Å². The Morgan fingerprint density at radius 1 is 1.50 bits per heavy atom. The topological polar surface area (TPSA) is 85.9 Å². The van der Waals surface area contributed by atoms with Gasteiger partial charge < -0.3 is 0 Å². The van der Waals surface area contributed by atoms with Crippen molar-refractivity contribution in [2.24, 2.45) is 5.14 Å². The molecule has 1 aromatic rings.